The van der Waals surface area contributed by atoms with Gasteiger partial charge in [-0.15, -0.1) is 0 Å². The Hall–Kier alpha value is -1.16. The summed E-state index contributed by atoms with van der Waals surface area (Å²) in [5, 5.41) is 11.1. The quantitative estimate of drug-likeness (QED) is 0.598. The summed E-state index contributed by atoms with van der Waals surface area (Å²) in [4.78, 5) is 23.9. The normalized spacial score (nSPS) is 45.9. The van der Waals surface area contributed by atoms with Crippen molar-refractivity contribution in [3.05, 3.63) is 11.6 Å². The van der Waals surface area contributed by atoms with E-state index in [-0.39, 0.29) is 41.2 Å². The van der Waals surface area contributed by atoms with Crippen LogP contribution in [0.5, 0.6) is 0 Å². The third-order valence-corrected chi connectivity index (χ3v) is 8.85. The van der Waals surface area contributed by atoms with Gasteiger partial charge in [-0.25, -0.2) is 0 Å². The Kier molecular flexibility index (Phi) is 4.77. The molecule has 4 rings (SSSR count). The van der Waals surface area contributed by atoms with Crippen LogP contribution in [0.3, 0.4) is 0 Å². The summed E-state index contributed by atoms with van der Waals surface area (Å²) >= 11 is 0. The predicted molar refractivity (Wildman–Crippen MR) is 103 cm³/mol. The molecule has 1 unspecified atom stereocenters. The fourth-order valence-electron chi connectivity index (χ4n) is 7.48. The monoisotopic (exact) mass is 374 g/mol. The van der Waals surface area contributed by atoms with Crippen LogP contribution in [-0.4, -0.2) is 29.6 Å². The number of allylic oxidation sites excluding steroid dienone is 1. The van der Waals surface area contributed by atoms with Crippen molar-refractivity contribution in [1.82, 2.24) is 0 Å². The molecule has 0 spiro atoms. The van der Waals surface area contributed by atoms with Crippen LogP contribution in [0.15, 0.2) is 11.6 Å². The lowest BCUT2D eigenvalue weighted by molar-refractivity contribution is -0.149. The van der Waals surface area contributed by atoms with Gasteiger partial charge in [-0.3, -0.25) is 9.59 Å². The Labute approximate surface area is 162 Å². The van der Waals surface area contributed by atoms with Crippen LogP contribution < -0.4 is 0 Å². The zero-order valence-corrected chi connectivity index (χ0v) is 17.0. The largest absolute Gasteiger partial charge is 0.458 e. The summed E-state index contributed by atoms with van der Waals surface area (Å²) < 4.78 is 5.01. The average molecular weight is 375 g/mol. The molecule has 0 aromatic heterocycles. The van der Waals surface area contributed by atoms with E-state index in [0.717, 1.165) is 32.1 Å². The number of esters is 1. The molecule has 4 aliphatic rings. The number of ketones is 1. The van der Waals surface area contributed by atoms with Crippen molar-refractivity contribution < 1.29 is 19.4 Å². The molecule has 0 aromatic rings. The summed E-state index contributed by atoms with van der Waals surface area (Å²) in [6.07, 6.45) is 10.7. The highest BCUT2D eigenvalue weighted by molar-refractivity contribution is 5.85. The number of ether oxygens (including phenoxy) is 1. The van der Waals surface area contributed by atoms with Crippen LogP contribution in [0.1, 0.15) is 72.1 Å². The molecular weight excluding hydrogens is 340 g/mol. The summed E-state index contributed by atoms with van der Waals surface area (Å²) in [7, 11) is 0. The Morgan fingerprint density at radius 2 is 1.93 bits per heavy atom. The summed E-state index contributed by atoms with van der Waals surface area (Å²) in [6.45, 7) is 5.94. The van der Waals surface area contributed by atoms with E-state index in [4.69, 9.17) is 4.74 Å². The Bertz CT molecular complexity index is 667. The third-order valence-electron chi connectivity index (χ3n) is 8.85. The van der Waals surface area contributed by atoms with Crippen LogP contribution in [0, 0.1) is 34.5 Å². The lowest BCUT2D eigenvalue weighted by Crippen LogP contribution is -2.54. The maximum absolute atomic E-state index is 12.8. The average Bonchev–Trinajstić information content (AvgIpc) is 2.97. The summed E-state index contributed by atoms with van der Waals surface area (Å²) in [6, 6.07) is 0. The van der Waals surface area contributed by atoms with E-state index in [1.807, 2.05) is 0 Å². The van der Waals surface area contributed by atoms with Crippen molar-refractivity contribution in [2.75, 3.05) is 6.61 Å². The van der Waals surface area contributed by atoms with Gasteiger partial charge < -0.3 is 9.84 Å². The van der Waals surface area contributed by atoms with Crippen molar-refractivity contribution in [3.63, 3.8) is 0 Å². The molecule has 0 aliphatic heterocycles. The highest BCUT2D eigenvalue weighted by Crippen LogP contribution is 2.66. The first-order valence-corrected chi connectivity index (χ1v) is 10.8. The van der Waals surface area contributed by atoms with E-state index < -0.39 is 5.97 Å². The molecule has 0 aromatic carbocycles. The molecule has 1 N–H and O–H groups in total. The second-order valence-electron chi connectivity index (χ2n) is 10.0. The zero-order valence-electron chi connectivity index (χ0n) is 17.0. The highest BCUT2D eigenvalue weighted by Gasteiger charge is 2.61. The number of aliphatic hydroxyl groups excluding tert-OH is 1. The predicted octanol–water partition coefficient (Wildman–Crippen LogP) is 4.06. The molecule has 7 atom stereocenters. The van der Waals surface area contributed by atoms with Gasteiger partial charge in [0.2, 0.25) is 0 Å². The minimum Gasteiger partial charge on any atom is -0.458 e. The van der Waals surface area contributed by atoms with Crippen LogP contribution in [-0.2, 0) is 14.3 Å². The lowest BCUT2D eigenvalue weighted by Gasteiger charge is -2.58. The SMILES string of the molecule is CC(=O)OCC(=O)[C@H]1CC[C@H]2[C@@H]3C(O)C=C4CCCC[C@]4(C)[C@H]3CC[C@]12C. The van der Waals surface area contributed by atoms with Gasteiger partial charge in [-0.1, -0.05) is 31.9 Å². The molecule has 4 heteroatoms. The van der Waals surface area contributed by atoms with E-state index >= 15 is 0 Å². The number of Topliss-reactive ketones (excluding diaryl/α,β-unsaturated/α-hetero) is 1. The fourth-order valence-corrected chi connectivity index (χ4v) is 7.48. The van der Waals surface area contributed by atoms with Gasteiger partial charge in [-0.2, -0.15) is 0 Å². The number of carbonyl (C=O) groups is 2. The molecule has 0 amide bonds. The number of fused-ring (bicyclic) bond motifs is 5. The number of hydrogen-bond acceptors (Lipinski definition) is 4. The van der Waals surface area contributed by atoms with Crippen LogP contribution >= 0.6 is 0 Å². The first kappa shape index (κ1) is 19.2. The molecule has 4 nitrogen and oxygen atoms in total. The number of aliphatic hydroxyl groups is 1. The molecule has 27 heavy (non-hydrogen) atoms. The molecular formula is C23H34O4. The Balaban J connectivity index is 1.60. The molecule has 0 radical (unpaired) electrons. The van der Waals surface area contributed by atoms with Gasteiger partial charge >= 0.3 is 5.97 Å². The van der Waals surface area contributed by atoms with Crippen molar-refractivity contribution in [1.29, 1.82) is 0 Å². The Morgan fingerprint density at radius 3 is 2.67 bits per heavy atom. The first-order valence-electron chi connectivity index (χ1n) is 10.8. The minimum absolute atomic E-state index is 0.0421. The smallest absolute Gasteiger partial charge is 0.303 e. The number of hydrogen-bond donors (Lipinski definition) is 1. The van der Waals surface area contributed by atoms with Gasteiger partial charge in [-0.05, 0) is 73.5 Å². The van der Waals surface area contributed by atoms with Crippen molar-refractivity contribution in [2.24, 2.45) is 34.5 Å². The molecule has 4 aliphatic carbocycles. The maximum atomic E-state index is 12.8. The Morgan fingerprint density at radius 1 is 1.15 bits per heavy atom. The van der Waals surface area contributed by atoms with Crippen molar-refractivity contribution >= 4 is 11.8 Å². The minimum atomic E-state index is -0.391. The van der Waals surface area contributed by atoms with E-state index in [9.17, 15) is 14.7 Å². The lowest BCUT2D eigenvalue weighted by atomic mass is 9.47. The summed E-state index contributed by atoms with van der Waals surface area (Å²) in [5.41, 5.74) is 1.66. The highest BCUT2D eigenvalue weighted by atomic mass is 16.5. The number of rotatable bonds is 3. The van der Waals surface area contributed by atoms with Crippen molar-refractivity contribution in [2.45, 2.75) is 78.2 Å². The molecule has 3 saturated carbocycles. The topological polar surface area (TPSA) is 63.6 Å². The standard InChI is InChI=1S/C23H34O4/c1-14(24)27-13-20(26)16-7-8-17-21-18(9-11-23(16,17)3)22(2)10-5-4-6-15(22)12-19(21)25/h12,16-19,21,25H,4-11,13H2,1-3H3/t16-,17+,18+,19?,21+,22+,23-/m1/s1. The second-order valence-corrected chi connectivity index (χ2v) is 10.0. The van der Waals surface area contributed by atoms with E-state index in [1.165, 1.54) is 31.8 Å². The van der Waals surface area contributed by atoms with Crippen LogP contribution in [0.25, 0.3) is 0 Å². The van der Waals surface area contributed by atoms with E-state index in [2.05, 4.69) is 19.9 Å². The van der Waals surface area contributed by atoms with Gasteiger partial charge in [0.05, 0.1) is 6.10 Å². The molecule has 0 heterocycles. The second kappa shape index (κ2) is 6.72. The van der Waals surface area contributed by atoms with Gasteiger partial charge in [0.25, 0.3) is 0 Å². The molecule has 150 valence electrons. The van der Waals surface area contributed by atoms with E-state index in [1.54, 1.807) is 0 Å². The van der Waals surface area contributed by atoms with Gasteiger partial charge in [0, 0.05) is 12.8 Å². The van der Waals surface area contributed by atoms with Crippen LogP contribution in [0.4, 0.5) is 0 Å². The first-order chi connectivity index (χ1) is 12.8. The zero-order chi connectivity index (χ0) is 19.4. The van der Waals surface area contributed by atoms with Crippen LogP contribution in [0.2, 0.25) is 0 Å². The molecule has 0 bridgehead atoms. The number of carbonyl (C=O) groups excluding carboxylic acids is 2. The summed E-state index contributed by atoms with van der Waals surface area (Å²) in [5.74, 6) is 0.820. The maximum Gasteiger partial charge on any atom is 0.303 e. The molecule has 3 fully saturated rings. The van der Waals surface area contributed by atoms with Gasteiger partial charge in [0.15, 0.2) is 5.78 Å². The van der Waals surface area contributed by atoms with Crippen molar-refractivity contribution in [3.8, 4) is 0 Å². The third kappa shape index (κ3) is 2.90. The van der Waals surface area contributed by atoms with E-state index in [0.29, 0.717) is 11.8 Å². The fraction of sp³-hybridized carbons (Fsp3) is 0.826. The van der Waals surface area contributed by atoms with Gasteiger partial charge in [0.1, 0.15) is 6.61 Å². The molecule has 0 saturated heterocycles.